The third-order valence-electron chi connectivity index (χ3n) is 3.82. The van der Waals surface area contributed by atoms with E-state index in [1.165, 1.54) is 5.56 Å². The summed E-state index contributed by atoms with van der Waals surface area (Å²) in [5.74, 6) is 1.32. The second-order valence-corrected chi connectivity index (χ2v) is 5.26. The molecule has 0 saturated carbocycles. The molecule has 3 nitrogen and oxygen atoms in total. The Morgan fingerprint density at radius 2 is 1.90 bits per heavy atom. The van der Waals surface area contributed by atoms with Crippen LogP contribution in [0.1, 0.15) is 24.1 Å². The van der Waals surface area contributed by atoms with Crippen LogP contribution in [0.5, 0.6) is 5.75 Å². The molecule has 2 aromatic carbocycles. The number of nitrogens with one attached hydrogen (secondary N) is 1. The predicted molar refractivity (Wildman–Crippen MR) is 79.8 cm³/mol. The van der Waals surface area contributed by atoms with Crippen molar-refractivity contribution in [2.24, 2.45) is 5.92 Å². The lowest BCUT2D eigenvalue weighted by Crippen LogP contribution is -2.29. The van der Waals surface area contributed by atoms with E-state index < -0.39 is 0 Å². The Morgan fingerprint density at radius 1 is 1.15 bits per heavy atom. The number of aliphatic hydroxyl groups excluding tert-OH is 1. The molecule has 2 aromatic rings. The predicted octanol–water partition coefficient (Wildman–Crippen LogP) is 3.36. The molecule has 0 aliphatic carbocycles. The van der Waals surface area contributed by atoms with Crippen molar-refractivity contribution in [2.75, 3.05) is 11.9 Å². The van der Waals surface area contributed by atoms with Gasteiger partial charge in [-0.25, -0.2) is 0 Å². The van der Waals surface area contributed by atoms with Crippen molar-refractivity contribution in [1.29, 1.82) is 0 Å². The van der Waals surface area contributed by atoms with Crippen LogP contribution in [0.4, 0.5) is 5.69 Å². The number of rotatable bonds is 3. The van der Waals surface area contributed by atoms with Gasteiger partial charge in [0.25, 0.3) is 0 Å². The molecule has 0 fully saturated rings. The third-order valence-corrected chi connectivity index (χ3v) is 3.82. The van der Waals surface area contributed by atoms with Gasteiger partial charge in [-0.2, -0.15) is 0 Å². The Kier molecular flexibility index (Phi) is 3.61. The van der Waals surface area contributed by atoms with Crippen molar-refractivity contribution in [2.45, 2.75) is 19.6 Å². The molecule has 1 aliphatic heterocycles. The van der Waals surface area contributed by atoms with E-state index in [0.29, 0.717) is 12.5 Å². The Hall–Kier alpha value is -2.00. The monoisotopic (exact) mass is 269 g/mol. The fraction of sp³-hybridized carbons (Fsp3) is 0.294. The van der Waals surface area contributed by atoms with Gasteiger partial charge in [-0.05, 0) is 12.1 Å². The summed E-state index contributed by atoms with van der Waals surface area (Å²) in [6.07, 6.45) is 0. The molecule has 0 bridgehead atoms. The molecule has 0 amide bonds. The second kappa shape index (κ2) is 5.55. The van der Waals surface area contributed by atoms with Crippen LogP contribution >= 0.6 is 0 Å². The Balaban J connectivity index is 1.94. The maximum Gasteiger partial charge on any atom is 0.124 e. The first-order valence-electron chi connectivity index (χ1n) is 6.96. The molecule has 20 heavy (non-hydrogen) atoms. The van der Waals surface area contributed by atoms with E-state index in [2.05, 4.69) is 18.3 Å². The maximum absolute atomic E-state index is 9.44. The average molecular weight is 269 g/mol. The van der Waals surface area contributed by atoms with E-state index in [9.17, 15) is 5.11 Å². The maximum atomic E-state index is 9.44. The van der Waals surface area contributed by atoms with Gasteiger partial charge >= 0.3 is 0 Å². The number of aliphatic hydroxyl groups is 1. The molecule has 1 heterocycles. The Morgan fingerprint density at radius 3 is 2.75 bits per heavy atom. The lowest BCUT2D eigenvalue weighted by molar-refractivity contribution is 0.214. The third kappa shape index (κ3) is 2.37. The van der Waals surface area contributed by atoms with Gasteiger partial charge in [-0.3, -0.25) is 0 Å². The largest absolute Gasteiger partial charge is 0.493 e. The van der Waals surface area contributed by atoms with Gasteiger partial charge in [-0.1, -0.05) is 43.3 Å². The molecule has 2 atom stereocenters. The molecule has 104 valence electrons. The van der Waals surface area contributed by atoms with Crippen molar-refractivity contribution < 1.29 is 9.84 Å². The SMILES string of the molecule is CC1COc2ccccc2C1Nc1ccccc1CO. The van der Waals surface area contributed by atoms with E-state index in [-0.39, 0.29) is 12.6 Å². The van der Waals surface area contributed by atoms with Gasteiger partial charge in [0.1, 0.15) is 5.75 Å². The number of para-hydroxylation sites is 2. The van der Waals surface area contributed by atoms with Crippen LogP contribution < -0.4 is 10.1 Å². The Bertz CT molecular complexity index is 597. The number of fused-ring (bicyclic) bond motifs is 1. The van der Waals surface area contributed by atoms with Crippen LogP contribution in [0.2, 0.25) is 0 Å². The average Bonchev–Trinajstić information content (AvgIpc) is 2.50. The molecule has 0 aromatic heterocycles. The number of hydrogen-bond acceptors (Lipinski definition) is 3. The number of anilines is 1. The topological polar surface area (TPSA) is 41.5 Å². The van der Waals surface area contributed by atoms with Gasteiger partial charge in [-0.15, -0.1) is 0 Å². The zero-order chi connectivity index (χ0) is 13.9. The van der Waals surface area contributed by atoms with Crippen molar-refractivity contribution in [3.63, 3.8) is 0 Å². The molecule has 0 radical (unpaired) electrons. The van der Waals surface area contributed by atoms with Crippen molar-refractivity contribution in [1.82, 2.24) is 0 Å². The second-order valence-electron chi connectivity index (χ2n) is 5.26. The van der Waals surface area contributed by atoms with Crippen LogP contribution in [0.25, 0.3) is 0 Å². The molecule has 0 saturated heterocycles. The molecule has 0 spiro atoms. The van der Waals surface area contributed by atoms with Gasteiger partial charge in [0.05, 0.1) is 19.3 Å². The summed E-state index contributed by atoms with van der Waals surface area (Å²) < 4.78 is 5.77. The van der Waals surface area contributed by atoms with Crippen LogP contribution in [-0.4, -0.2) is 11.7 Å². The first-order chi connectivity index (χ1) is 9.79. The molecular formula is C17H19NO2. The van der Waals surface area contributed by atoms with E-state index in [1.54, 1.807) is 0 Å². The van der Waals surface area contributed by atoms with Gasteiger partial charge in [0.2, 0.25) is 0 Å². The minimum absolute atomic E-state index is 0.0441. The standard InChI is InChI=1S/C17H19NO2/c1-12-11-20-16-9-5-3-7-14(16)17(12)18-15-8-4-2-6-13(15)10-19/h2-9,12,17-19H,10-11H2,1H3. The van der Waals surface area contributed by atoms with E-state index in [4.69, 9.17) is 4.74 Å². The summed E-state index contributed by atoms with van der Waals surface area (Å²) in [5.41, 5.74) is 3.09. The van der Waals surface area contributed by atoms with E-state index in [0.717, 1.165) is 17.0 Å². The molecule has 2 unspecified atom stereocenters. The highest BCUT2D eigenvalue weighted by Crippen LogP contribution is 2.37. The summed E-state index contributed by atoms with van der Waals surface area (Å²) in [6.45, 7) is 2.92. The fourth-order valence-corrected chi connectivity index (χ4v) is 2.68. The van der Waals surface area contributed by atoms with Crippen LogP contribution in [0.3, 0.4) is 0 Å². The summed E-state index contributed by atoms with van der Waals surface area (Å²) in [4.78, 5) is 0. The zero-order valence-corrected chi connectivity index (χ0v) is 11.5. The van der Waals surface area contributed by atoms with Crippen LogP contribution in [0, 0.1) is 5.92 Å². The first-order valence-corrected chi connectivity index (χ1v) is 6.96. The smallest absolute Gasteiger partial charge is 0.124 e. The first kappa shape index (κ1) is 13.0. The number of benzene rings is 2. The minimum Gasteiger partial charge on any atom is -0.493 e. The summed E-state index contributed by atoms with van der Waals surface area (Å²) in [5, 5.41) is 13.0. The summed E-state index contributed by atoms with van der Waals surface area (Å²) >= 11 is 0. The van der Waals surface area contributed by atoms with Crippen molar-refractivity contribution in [3.8, 4) is 5.75 Å². The number of ether oxygens (including phenoxy) is 1. The normalized spacial score (nSPS) is 20.9. The van der Waals surface area contributed by atoms with Crippen LogP contribution in [0.15, 0.2) is 48.5 Å². The summed E-state index contributed by atoms with van der Waals surface area (Å²) in [7, 11) is 0. The molecule has 1 aliphatic rings. The van der Waals surface area contributed by atoms with Crippen LogP contribution in [-0.2, 0) is 6.61 Å². The zero-order valence-electron chi connectivity index (χ0n) is 11.5. The lowest BCUT2D eigenvalue weighted by Gasteiger charge is -2.33. The van der Waals surface area contributed by atoms with E-state index in [1.807, 2.05) is 42.5 Å². The van der Waals surface area contributed by atoms with E-state index >= 15 is 0 Å². The molecular weight excluding hydrogens is 250 g/mol. The lowest BCUT2D eigenvalue weighted by atomic mass is 9.91. The summed E-state index contributed by atoms with van der Waals surface area (Å²) in [6, 6.07) is 16.2. The number of hydrogen-bond donors (Lipinski definition) is 2. The molecule has 2 N–H and O–H groups in total. The fourth-order valence-electron chi connectivity index (χ4n) is 2.68. The van der Waals surface area contributed by atoms with Crippen molar-refractivity contribution >= 4 is 5.69 Å². The highest BCUT2D eigenvalue weighted by atomic mass is 16.5. The van der Waals surface area contributed by atoms with Gasteiger partial charge in [0, 0.05) is 22.7 Å². The molecule has 3 heteroatoms. The van der Waals surface area contributed by atoms with Gasteiger partial charge < -0.3 is 15.2 Å². The minimum atomic E-state index is 0.0441. The van der Waals surface area contributed by atoms with Crippen molar-refractivity contribution in [3.05, 3.63) is 59.7 Å². The Labute approximate surface area is 119 Å². The molecule has 3 rings (SSSR count). The quantitative estimate of drug-likeness (QED) is 0.897. The highest BCUT2D eigenvalue weighted by Gasteiger charge is 2.27. The van der Waals surface area contributed by atoms with Gasteiger partial charge in [0.15, 0.2) is 0 Å². The highest BCUT2D eigenvalue weighted by molar-refractivity contribution is 5.54.